The number of hydrogen-bond donors (Lipinski definition) is 0. The summed E-state index contributed by atoms with van der Waals surface area (Å²) < 4.78 is 2.59. The molecule has 0 fully saturated rings. The van der Waals surface area contributed by atoms with Gasteiger partial charge in [0.2, 0.25) is 0 Å². The lowest BCUT2D eigenvalue weighted by Gasteiger charge is -2.37. The summed E-state index contributed by atoms with van der Waals surface area (Å²) >= 11 is 12.1. The zero-order chi connectivity index (χ0) is 28.4. The Bertz CT molecular complexity index is 797. The van der Waals surface area contributed by atoms with Gasteiger partial charge in [-0.15, -0.1) is 0 Å². The lowest BCUT2D eigenvalue weighted by Crippen LogP contribution is -2.49. The summed E-state index contributed by atoms with van der Waals surface area (Å²) in [5, 5.41) is 1.67. The van der Waals surface area contributed by atoms with Crippen molar-refractivity contribution < 1.29 is 8.97 Å². The third-order valence-electron chi connectivity index (χ3n) is 9.47. The number of benzene rings is 2. The number of hydrogen-bond acceptors (Lipinski definition) is 0. The van der Waals surface area contributed by atoms with Crippen molar-refractivity contribution >= 4 is 23.2 Å². The van der Waals surface area contributed by atoms with Gasteiger partial charge in [0.15, 0.2) is 0 Å². The molecule has 0 N–H and O–H groups in total. The predicted octanol–water partition coefficient (Wildman–Crippen LogP) is 10.0. The molecule has 0 atom stereocenters. The van der Waals surface area contributed by atoms with Crippen molar-refractivity contribution in [1.82, 2.24) is 0 Å². The van der Waals surface area contributed by atoms with E-state index in [9.17, 15) is 0 Å². The molecule has 0 amide bonds. The summed E-state index contributed by atoms with van der Waals surface area (Å²) in [5.41, 5.74) is 2.83. The second-order valence-electron chi connectivity index (χ2n) is 11.8. The SMILES string of the molecule is CC[N+](CC)(CCCCCCC[N+](CC)(CC)CCCCc1ccc(Cl)cc1)CCCCc1ccc(Cl)cc1. The van der Waals surface area contributed by atoms with Crippen LogP contribution in [0.4, 0.5) is 0 Å². The Morgan fingerprint density at radius 3 is 1.00 bits per heavy atom. The van der Waals surface area contributed by atoms with Crippen molar-refractivity contribution in [1.29, 1.82) is 0 Å². The molecular formula is C35H58Cl2N2+2. The first-order valence-corrected chi connectivity index (χ1v) is 16.8. The topological polar surface area (TPSA) is 0 Å². The highest BCUT2D eigenvalue weighted by Crippen LogP contribution is 2.18. The molecule has 0 aliphatic heterocycles. The smallest absolute Gasteiger partial charge is 0.0786 e. The van der Waals surface area contributed by atoms with Crippen molar-refractivity contribution in [3.63, 3.8) is 0 Å². The molecule has 220 valence electrons. The molecule has 4 heteroatoms. The van der Waals surface area contributed by atoms with Gasteiger partial charge in [0.05, 0.1) is 52.4 Å². The number of rotatable bonds is 22. The van der Waals surface area contributed by atoms with Crippen molar-refractivity contribution in [3.8, 4) is 0 Å². The molecule has 2 aromatic rings. The minimum absolute atomic E-state index is 0.835. The fourth-order valence-corrected chi connectivity index (χ4v) is 6.47. The van der Waals surface area contributed by atoms with E-state index in [0.29, 0.717) is 0 Å². The standard InChI is InChI=1S/C35H58Cl2N2/c1-5-38(6-2,30-16-12-18-32-20-24-34(36)25-21-32)28-14-10-9-11-15-29-39(7-3,8-4)31-17-13-19-33-22-26-35(37)27-23-33/h20-27H,5-19,28-31H2,1-4H3/q+2. The number of halogens is 2. The maximum atomic E-state index is 6.03. The molecule has 0 aliphatic carbocycles. The van der Waals surface area contributed by atoms with Crippen LogP contribution in [-0.4, -0.2) is 61.3 Å². The van der Waals surface area contributed by atoms with E-state index in [1.165, 1.54) is 143 Å². The zero-order valence-electron chi connectivity index (χ0n) is 25.7. The molecule has 0 bridgehead atoms. The normalized spacial score (nSPS) is 12.3. The average Bonchev–Trinajstić information content (AvgIpc) is 2.97. The van der Waals surface area contributed by atoms with Crippen LogP contribution in [0.1, 0.15) is 96.6 Å². The quantitative estimate of drug-likeness (QED) is 0.0965. The van der Waals surface area contributed by atoms with Crippen LogP contribution in [0, 0.1) is 0 Å². The number of quaternary nitrogens is 2. The largest absolute Gasteiger partial charge is 0.324 e. The van der Waals surface area contributed by atoms with Crippen LogP contribution in [0.2, 0.25) is 10.0 Å². The van der Waals surface area contributed by atoms with Crippen molar-refractivity contribution in [2.45, 2.75) is 98.3 Å². The predicted molar refractivity (Wildman–Crippen MR) is 174 cm³/mol. The van der Waals surface area contributed by atoms with Gasteiger partial charge >= 0.3 is 0 Å². The van der Waals surface area contributed by atoms with E-state index >= 15 is 0 Å². The van der Waals surface area contributed by atoms with E-state index in [2.05, 4.69) is 52.0 Å². The molecule has 2 rings (SSSR count). The summed E-state index contributed by atoms with van der Waals surface area (Å²) in [5.74, 6) is 0. The highest BCUT2D eigenvalue weighted by Gasteiger charge is 2.23. The molecule has 0 saturated carbocycles. The Balaban J connectivity index is 1.61. The van der Waals surface area contributed by atoms with Crippen LogP contribution in [0.25, 0.3) is 0 Å². The van der Waals surface area contributed by atoms with E-state index in [4.69, 9.17) is 23.2 Å². The van der Waals surface area contributed by atoms with Crippen LogP contribution in [0.5, 0.6) is 0 Å². The lowest BCUT2D eigenvalue weighted by molar-refractivity contribution is -0.925. The van der Waals surface area contributed by atoms with Gasteiger partial charge in [-0.1, -0.05) is 53.9 Å². The van der Waals surface area contributed by atoms with Gasteiger partial charge in [-0.2, -0.15) is 0 Å². The fourth-order valence-electron chi connectivity index (χ4n) is 6.22. The summed E-state index contributed by atoms with van der Waals surface area (Å²) in [7, 11) is 0. The molecular weight excluding hydrogens is 519 g/mol. The fraction of sp³-hybridized carbons (Fsp3) is 0.657. The summed E-state index contributed by atoms with van der Waals surface area (Å²) in [4.78, 5) is 0. The summed E-state index contributed by atoms with van der Waals surface area (Å²) in [6.07, 6.45) is 14.5. The number of unbranched alkanes of at least 4 members (excludes halogenated alkanes) is 6. The summed E-state index contributed by atoms with van der Waals surface area (Å²) in [6.45, 7) is 20.0. The van der Waals surface area contributed by atoms with Crippen LogP contribution < -0.4 is 0 Å². The first kappa shape index (κ1) is 34.1. The first-order valence-electron chi connectivity index (χ1n) is 16.1. The van der Waals surface area contributed by atoms with E-state index in [1.807, 2.05) is 24.3 Å². The third-order valence-corrected chi connectivity index (χ3v) is 9.97. The van der Waals surface area contributed by atoms with Gasteiger partial charge in [0.25, 0.3) is 0 Å². The van der Waals surface area contributed by atoms with Gasteiger partial charge in [0, 0.05) is 10.0 Å². The molecule has 2 nitrogen and oxygen atoms in total. The minimum Gasteiger partial charge on any atom is -0.324 e. The Hall–Kier alpha value is -1.06. The van der Waals surface area contributed by atoms with Crippen LogP contribution in [-0.2, 0) is 12.8 Å². The maximum Gasteiger partial charge on any atom is 0.0786 e. The number of nitrogens with zero attached hydrogens (tertiary/aromatic N) is 2. The average molecular weight is 578 g/mol. The van der Waals surface area contributed by atoms with Gasteiger partial charge in [-0.3, -0.25) is 0 Å². The molecule has 0 spiro atoms. The van der Waals surface area contributed by atoms with Gasteiger partial charge in [0.1, 0.15) is 0 Å². The molecule has 2 aromatic carbocycles. The third kappa shape index (κ3) is 13.0. The highest BCUT2D eigenvalue weighted by molar-refractivity contribution is 6.30. The Labute approximate surface area is 251 Å². The van der Waals surface area contributed by atoms with Crippen LogP contribution >= 0.6 is 23.2 Å². The Kier molecular flexibility index (Phi) is 16.7. The monoisotopic (exact) mass is 576 g/mol. The van der Waals surface area contributed by atoms with Gasteiger partial charge < -0.3 is 8.97 Å². The Morgan fingerprint density at radius 1 is 0.410 bits per heavy atom. The second kappa shape index (κ2) is 19.1. The summed E-state index contributed by atoms with van der Waals surface area (Å²) in [6, 6.07) is 16.8. The molecule has 0 radical (unpaired) electrons. The molecule has 0 aromatic heterocycles. The lowest BCUT2D eigenvalue weighted by atomic mass is 10.1. The van der Waals surface area contributed by atoms with E-state index in [1.54, 1.807) is 0 Å². The molecule has 39 heavy (non-hydrogen) atoms. The number of aryl methyl sites for hydroxylation is 2. The van der Waals surface area contributed by atoms with Gasteiger partial charge in [-0.05, 0) is 127 Å². The zero-order valence-corrected chi connectivity index (χ0v) is 27.2. The van der Waals surface area contributed by atoms with Crippen LogP contribution in [0.15, 0.2) is 48.5 Å². The van der Waals surface area contributed by atoms with Gasteiger partial charge in [-0.25, -0.2) is 0 Å². The minimum atomic E-state index is 0.835. The molecule has 0 saturated heterocycles. The molecule has 0 heterocycles. The second-order valence-corrected chi connectivity index (χ2v) is 12.7. The van der Waals surface area contributed by atoms with Crippen molar-refractivity contribution in [3.05, 3.63) is 69.7 Å². The van der Waals surface area contributed by atoms with Crippen LogP contribution in [0.3, 0.4) is 0 Å². The van der Waals surface area contributed by atoms with Crippen molar-refractivity contribution in [2.24, 2.45) is 0 Å². The van der Waals surface area contributed by atoms with Crippen molar-refractivity contribution in [2.75, 3.05) is 52.4 Å². The van der Waals surface area contributed by atoms with E-state index < -0.39 is 0 Å². The maximum absolute atomic E-state index is 6.03. The first-order chi connectivity index (χ1) is 18.9. The van der Waals surface area contributed by atoms with E-state index in [0.717, 1.165) is 10.0 Å². The van der Waals surface area contributed by atoms with E-state index in [-0.39, 0.29) is 0 Å². The molecule has 0 aliphatic rings. The highest BCUT2D eigenvalue weighted by atomic mass is 35.5. The molecule has 0 unspecified atom stereocenters. The Morgan fingerprint density at radius 2 is 0.692 bits per heavy atom.